The summed E-state index contributed by atoms with van der Waals surface area (Å²) in [6.07, 6.45) is 2.16. The minimum Gasteiger partial charge on any atom is -0.383 e. The van der Waals surface area contributed by atoms with Crippen LogP contribution in [0.2, 0.25) is 0 Å². The molecule has 1 aromatic carbocycles. The first kappa shape index (κ1) is 13.1. The Morgan fingerprint density at radius 1 is 1.33 bits per heavy atom. The van der Waals surface area contributed by atoms with Gasteiger partial charge < -0.3 is 14.6 Å². The fourth-order valence-electron chi connectivity index (χ4n) is 2.39. The van der Waals surface area contributed by atoms with Crippen LogP contribution in [-0.2, 0) is 11.3 Å². The summed E-state index contributed by atoms with van der Waals surface area (Å²) in [5.41, 5.74) is 2.67. The molecule has 1 atom stereocenters. The Morgan fingerprint density at radius 3 is 2.89 bits per heavy atom. The van der Waals surface area contributed by atoms with Gasteiger partial charge >= 0.3 is 0 Å². The summed E-state index contributed by atoms with van der Waals surface area (Å²) < 4.78 is 7.57. The van der Waals surface area contributed by atoms with Crippen molar-refractivity contribution in [3.05, 3.63) is 36.0 Å². The zero-order valence-corrected chi connectivity index (χ0v) is 11.4. The Bertz CT molecular complexity index is 504. The maximum atomic E-state index is 5.26. The standard InChI is InChI=1S/C15H22N2O/c1-4-16-10-14-7-5-6-13-8-9-17(15(13)14)12(2)11-18-3/h5-9,12,16H,4,10-11H2,1-3H3. The highest BCUT2D eigenvalue weighted by Crippen LogP contribution is 2.24. The van der Waals surface area contributed by atoms with Crippen molar-refractivity contribution in [2.75, 3.05) is 20.3 Å². The molecule has 98 valence electrons. The van der Waals surface area contributed by atoms with Crippen molar-refractivity contribution >= 4 is 10.9 Å². The number of fused-ring (bicyclic) bond motifs is 1. The number of rotatable bonds is 6. The van der Waals surface area contributed by atoms with E-state index in [1.54, 1.807) is 7.11 Å². The second-order valence-electron chi connectivity index (χ2n) is 4.66. The van der Waals surface area contributed by atoms with Crippen LogP contribution in [0.15, 0.2) is 30.5 Å². The van der Waals surface area contributed by atoms with Crippen LogP contribution in [-0.4, -0.2) is 24.8 Å². The van der Waals surface area contributed by atoms with Crippen LogP contribution in [0.25, 0.3) is 10.9 Å². The minimum absolute atomic E-state index is 0.357. The lowest BCUT2D eigenvalue weighted by Crippen LogP contribution is -2.15. The topological polar surface area (TPSA) is 26.2 Å². The van der Waals surface area contributed by atoms with E-state index >= 15 is 0 Å². The number of aromatic nitrogens is 1. The summed E-state index contributed by atoms with van der Waals surface area (Å²) in [6.45, 7) is 6.96. The Balaban J connectivity index is 2.41. The molecule has 0 spiro atoms. The quantitative estimate of drug-likeness (QED) is 0.848. The molecule has 18 heavy (non-hydrogen) atoms. The van der Waals surface area contributed by atoms with E-state index in [4.69, 9.17) is 4.74 Å². The summed E-state index contributed by atoms with van der Waals surface area (Å²) in [7, 11) is 1.75. The normalized spacial score (nSPS) is 13.1. The van der Waals surface area contributed by atoms with Crippen molar-refractivity contribution in [1.82, 2.24) is 9.88 Å². The van der Waals surface area contributed by atoms with E-state index in [-0.39, 0.29) is 0 Å². The number of hydrogen-bond acceptors (Lipinski definition) is 2. The van der Waals surface area contributed by atoms with Gasteiger partial charge in [-0.1, -0.05) is 25.1 Å². The minimum atomic E-state index is 0.357. The van der Waals surface area contributed by atoms with E-state index < -0.39 is 0 Å². The van der Waals surface area contributed by atoms with Crippen molar-refractivity contribution in [3.63, 3.8) is 0 Å². The molecular formula is C15H22N2O. The average Bonchev–Trinajstić information content (AvgIpc) is 2.81. The maximum absolute atomic E-state index is 5.26. The van der Waals surface area contributed by atoms with Crippen LogP contribution in [0.5, 0.6) is 0 Å². The van der Waals surface area contributed by atoms with E-state index in [1.165, 1.54) is 16.5 Å². The summed E-state index contributed by atoms with van der Waals surface area (Å²) in [4.78, 5) is 0. The lowest BCUT2D eigenvalue weighted by atomic mass is 10.1. The Morgan fingerprint density at radius 2 is 2.17 bits per heavy atom. The fraction of sp³-hybridized carbons (Fsp3) is 0.467. The lowest BCUT2D eigenvalue weighted by molar-refractivity contribution is 0.164. The molecule has 1 heterocycles. The molecule has 0 fully saturated rings. The van der Waals surface area contributed by atoms with E-state index in [0.29, 0.717) is 6.04 Å². The summed E-state index contributed by atoms with van der Waals surface area (Å²) in [5.74, 6) is 0. The van der Waals surface area contributed by atoms with E-state index in [9.17, 15) is 0 Å². The highest BCUT2D eigenvalue weighted by atomic mass is 16.5. The number of nitrogens with one attached hydrogen (secondary N) is 1. The van der Waals surface area contributed by atoms with Crippen LogP contribution in [0.4, 0.5) is 0 Å². The van der Waals surface area contributed by atoms with Crippen LogP contribution in [0.3, 0.4) is 0 Å². The highest BCUT2D eigenvalue weighted by Gasteiger charge is 2.10. The molecule has 2 rings (SSSR count). The summed E-state index contributed by atoms with van der Waals surface area (Å²) in [6, 6.07) is 9.02. The smallest absolute Gasteiger partial charge is 0.0667 e. The molecular weight excluding hydrogens is 224 g/mol. The number of benzene rings is 1. The zero-order valence-electron chi connectivity index (χ0n) is 11.4. The van der Waals surface area contributed by atoms with Gasteiger partial charge in [0, 0.05) is 19.9 Å². The van der Waals surface area contributed by atoms with E-state index in [2.05, 4.69) is 54.2 Å². The van der Waals surface area contributed by atoms with Crippen LogP contribution >= 0.6 is 0 Å². The molecule has 1 aromatic heterocycles. The van der Waals surface area contributed by atoms with Crippen LogP contribution in [0, 0.1) is 0 Å². The van der Waals surface area contributed by atoms with E-state index in [0.717, 1.165) is 19.7 Å². The molecule has 0 amide bonds. The molecule has 0 radical (unpaired) electrons. The van der Waals surface area contributed by atoms with Gasteiger partial charge in [-0.2, -0.15) is 0 Å². The van der Waals surface area contributed by atoms with Crippen molar-refractivity contribution in [2.24, 2.45) is 0 Å². The molecule has 3 nitrogen and oxygen atoms in total. The molecule has 0 saturated heterocycles. The van der Waals surface area contributed by atoms with Gasteiger partial charge in [-0.15, -0.1) is 0 Å². The zero-order chi connectivity index (χ0) is 13.0. The number of methoxy groups -OCH3 is 1. The molecule has 1 unspecified atom stereocenters. The van der Waals surface area contributed by atoms with Crippen LogP contribution in [0.1, 0.15) is 25.5 Å². The van der Waals surface area contributed by atoms with Gasteiger partial charge in [-0.3, -0.25) is 0 Å². The average molecular weight is 246 g/mol. The van der Waals surface area contributed by atoms with Crippen molar-refractivity contribution in [1.29, 1.82) is 0 Å². The first-order valence-electron chi connectivity index (χ1n) is 6.56. The van der Waals surface area contributed by atoms with Crippen LogP contribution < -0.4 is 5.32 Å². The second kappa shape index (κ2) is 6.03. The third kappa shape index (κ3) is 2.57. The number of hydrogen-bond donors (Lipinski definition) is 1. The number of nitrogens with zero attached hydrogens (tertiary/aromatic N) is 1. The predicted octanol–water partition coefficient (Wildman–Crippen LogP) is 2.96. The maximum Gasteiger partial charge on any atom is 0.0667 e. The molecule has 0 saturated carbocycles. The Hall–Kier alpha value is -1.32. The van der Waals surface area contributed by atoms with Gasteiger partial charge in [0.2, 0.25) is 0 Å². The molecule has 0 aliphatic heterocycles. The molecule has 2 aromatic rings. The molecule has 3 heteroatoms. The van der Waals surface area contributed by atoms with Crippen molar-refractivity contribution in [2.45, 2.75) is 26.4 Å². The fourth-order valence-corrected chi connectivity index (χ4v) is 2.39. The summed E-state index contributed by atoms with van der Waals surface area (Å²) in [5, 5.41) is 4.70. The first-order valence-corrected chi connectivity index (χ1v) is 6.56. The van der Waals surface area contributed by atoms with Gasteiger partial charge in [0.25, 0.3) is 0 Å². The number of ether oxygens (including phenoxy) is 1. The largest absolute Gasteiger partial charge is 0.383 e. The number of para-hydroxylation sites is 1. The van der Waals surface area contributed by atoms with Gasteiger partial charge in [0.15, 0.2) is 0 Å². The monoisotopic (exact) mass is 246 g/mol. The van der Waals surface area contributed by atoms with Crippen molar-refractivity contribution in [3.8, 4) is 0 Å². The van der Waals surface area contributed by atoms with Gasteiger partial charge in [0.1, 0.15) is 0 Å². The second-order valence-corrected chi connectivity index (χ2v) is 4.66. The summed E-state index contributed by atoms with van der Waals surface area (Å²) >= 11 is 0. The molecule has 1 N–H and O–H groups in total. The van der Waals surface area contributed by atoms with Crippen molar-refractivity contribution < 1.29 is 4.74 Å². The molecule has 0 bridgehead atoms. The SMILES string of the molecule is CCNCc1cccc2ccn(C(C)COC)c12. The van der Waals surface area contributed by atoms with E-state index in [1.807, 2.05) is 0 Å². The predicted molar refractivity (Wildman–Crippen MR) is 75.9 cm³/mol. The third-order valence-corrected chi connectivity index (χ3v) is 3.27. The lowest BCUT2D eigenvalue weighted by Gasteiger charge is -2.16. The van der Waals surface area contributed by atoms with Gasteiger partial charge in [-0.05, 0) is 30.5 Å². The first-order chi connectivity index (χ1) is 8.77. The molecule has 0 aliphatic carbocycles. The molecule has 0 aliphatic rings. The highest BCUT2D eigenvalue weighted by molar-refractivity contribution is 5.83. The Labute approximate surface area is 109 Å². The third-order valence-electron chi connectivity index (χ3n) is 3.27. The Kier molecular flexibility index (Phi) is 4.39. The van der Waals surface area contributed by atoms with Gasteiger partial charge in [0.05, 0.1) is 18.2 Å². The van der Waals surface area contributed by atoms with Gasteiger partial charge in [-0.25, -0.2) is 0 Å².